The molecular formula is C23H40O20. The SMILES string of the molecule is OC[C@H]1O[C@@H](O[C@H]2[C@@H](O)[C@@H](CO)O[C@@H](O[C@H]3[C@H](O)[C@H](O)[C@@H](O)O[C@@H]3CO)[C@@H]2O)[C@H](O[C@@H]2OC[C@@H](O)[C@@H](O)[C@@H]2O)[C@@H](O)[C@H]1O. The maximum absolute atomic E-state index is 11.1. The van der Waals surface area contributed by atoms with Gasteiger partial charge in [0.1, 0.15) is 91.6 Å². The van der Waals surface area contributed by atoms with E-state index in [0.717, 1.165) is 0 Å². The van der Waals surface area contributed by atoms with Crippen molar-refractivity contribution in [1.82, 2.24) is 0 Å². The maximum atomic E-state index is 11.1. The summed E-state index contributed by atoms with van der Waals surface area (Å²) in [7, 11) is 0. The third-order valence-electron chi connectivity index (χ3n) is 7.81. The van der Waals surface area contributed by atoms with Crippen LogP contribution in [-0.2, 0) is 33.2 Å². The molecule has 252 valence electrons. The van der Waals surface area contributed by atoms with Gasteiger partial charge in [0, 0.05) is 0 Å². The minimum Gasteiger partial charge on any atom is -0.394 e. The van der Waals surface area contributed by atoms with Crippen molar-refractivity contribution in [3.63, 3.8) is 0 Å². The van der Waals surface area contributed by atoms with E-state index in [-0.39, 0.29) is 0 Å². The lowest BCUT2D eigenvalue weighted by molar-refractivity contribution is -0.392. The smallest absolute Gasteiger partial charge is 0.187 e. The highest BCUT2D eigenvalue weighted by atomic mass is 16.8. The van der Waals surface area contributed by atoms with Gasteiger partial charge in [0.05, 0.1) is 26.4 Å². The van der Waals surface area contributed by atoms with Crippen molar-refractivity contribution in [1.29, 1.82) is 0 Å². The molecule has 4 fully saturated rings. The predicted molar refractivity (Wildman–Crippen MR) is 128 cm³/mol. The Morgan fingerprint density at radius 3 is 1.60 bits per heavy atom. The van der Waals surface area contributed by atoms with Gasteiger partial charge in [-0.05, 0) is 0 Å². The van der Waals surface area contributed by atoms with Crippen molar-refractivity contribution in [2.24, 2.45) is 0 Å². The lowest BCUT2D eigenvalue weighted by Gasteiger charge is -2.49. The zero-order valence-corrected chi connectivity index (χ0v) is 22.5. The van der Waals surface area contributed by atoms with E-state index < -0.39 is 143 Å². The zero-order chi connectivity index (χ0) is 31.7. The molecule has 0 unspecified atom stereocenters. The van der Waals surface area contributed by atoms with Crippen LogP contribution in [0.5, 0.6) is 0 Å². The standard InChI is InChI=1S/C23H40O20/c24-1-6-10(29)12(31)19(43-21-15(34)9(28)5(27)4-37-21)23(40-6)42-18-11(30)7(2-25)39-22(16(18)35)41-17-8(3-26)38-20(36)14(33)13(17)32/h5-36H,1-4H2/t5-,6-,7-,8-,9-,10+,11+,12+,13-,14+,15+,16-,17-,18+,19-,20+,21+,22+,23+/m1/s1. The third kappa shape index (κ3) is 7.13. The van der Waals surface area contributed by atoms with Gasteiger partial charge in [-0.2, -0.15) is 0 Å². The minimum atomic E-state index is -2.01. The Balaban J connectivity index is 1.56. The van der Waals surface area contributed by atoms with Crippen molar-refractivity contribution >= 4 is 0 Å². The number of hydrogen-bond donors (Lipinski definition) is 13. The highest BCUT2D eigenvalue weighted by Crippen LogP contribution is 2.34. The molecule has 4 heterocycles. The zero-order valence-electron chi connectivity index (χ0n) is 22.5. The Morgan fingerprint density at radius 2 is 0.977 bits per heavy atom. The first-order valence-electron chi connectivity index (χ1n) is 13.5. The molecule has 0 saturated carbocycles. The fourth-order valence-electron chi connectivity index (χ4n) is 5.24. The summed E-state index contributed by atoms with van der Waals surface area (Å²) in [5.74, 6) is 0. The molecule has 4 aliphatic rings. The first-order valence-corrected chi connectivity index (χ1v) is 13.5. The van der Waals surface area contributed by atoms with Crippen molar-refractivity contribution in [3.05, 3.63) is 0 Å². The average molecular weight is 637 g/mol. The summed E-state index contributed by atoms with van der Waals surface area (Å²) in [4.78, 5) is 0. The second-order valence-corrected chi connectivity index (χ2v) is 10.7. The number of aliphatic hydroxyl groups is 13. The fourth-order valence-corrected chi connectivity index (χ4v) is 5.24. The quantitative estimate of drug-likeness (QED) is 0.112. The Morgan fingerprint density at radius 1 is 0.442 bits per heavy atom. The molecule has 0 aromatic rings. The van der Waals surface area contributed by atoms with Crippen LogP contribution in [0.1, 0.15) is 0 Å². The summed E-state index contributed by atoms with van der Waals surface area (Å²) in [6.45, 7) is -3.04. The Labute approximate surface area is 243 Å². The average Bonchev–Trinajstić information content (AvgIpc) is 2.99. The van der Waals surface area contributed by atoms with E-state index in [0.29, 0.717) is 0 Å². The second-order valence-electron chi connectivity index (χ2n) is 10.7. The maximum Gasteiger partial charge on any atom is 0.187 e. The van der Waals surface area contributed by atoms with E-state index in [1.54, 1.807) is 0 Å². The molecule has 20 heteroatoms. The molecule has 0 bridgehead atoms. The lowest BCUT2D eigenvalue weighted by Crippen LogP contribution is -2.67. The molecule has 0 aromatic heterocycles. The van der Waals surface area contributed by atoms with E-state index in [1.165, 1.54) is 0 Å². The fraction of sp³-hybridized carbons (Fsp3) is 1.00. The summed E-state index contributed by atoms with van der Waals surface area (Å²) in [5, 5.41) is 132. The monoisotopic (exact) mass is 636 g/mol. The number of rotatable bonds is 9. The van der Waals surface area contributed by atoms with Crippen LogP contribution in [0.3, 0.4) is 0 Å². The number of aliphatic hydroxyl groups excluding tert-OH is 13. The highest BCUT2D eigenvalue weighted by Gasteiger charge is 2.55. The normalized spacial score (nSPS) is 53.1. The van der Waals surface area contributed by atoms with Gasteiger partial charge in [-0.15, -0.1) is 0 Å². The third-order valence-corrected chi connectivity index (χ3v) is 7.81. The molecule has 13 N–H and O–H groups in total. The van der Waals surface area contributed by atoms with Gasteiger partial charge in [0.2, 0.25) is 0 Å². The molecule has 20 nitrogen and oxygen atoms in total. The van der Waals surface area contributed by atoms with Gasteiger partial charge < -0.3 is 99.5 Å². The van der Waals surface area contributed by atoms with Crippen LogP contribution in [-0.4, -0.2) is 210 Å². The summed E-state index contributed by atoms with van der Waals surface area (Å²) in [6, 6.07) is 0. The Kier molecular flexibility index (Phi) is 12.0. The van der Waals surface area contributed by atoms with E-state index in [1.807, 2.05) is 0 Å². The molecule has 19 atom stereocenters. The van der Waals surface area contributed by atoms with Crippen molar-refractivity contribution < 1.29 is 99.5 Å². The molecule has 0 spiro atoms. The summed E-state index contributed by atoms with van der Waals surface area (Å²) < 4.78 is 37.9. The van der Waals surface area contributed by atoms with E-state index >= 15 is 0 Å². The van der Waals surface area contributed by atoms with Gasteiger partial charge in [-0.3, -0.25) is 0 Å². The van der Waals surface area contributed by atoms with Crippen LogP contribution >= 0.6 is 0 Å². The molecule has 0 aromatic carbocycles. The topological polar surface area (TPSA) is 328 Å². The van der Waals surface area contributed by atoms with Gasteiger partial charge in [-0.25, -0.2) is 0 Å². The van der Waals surface area contributed by atoms with E-state index in [2.05, 4.69) is 0 Å². The molecule has 4 saturated heterocycles. The van der Waals surface area contributed by atoms with E-state index in [9.17, 15) is 66.4 Å². The summed E-state index contributed by atoms with van der Waals surface area (Å²) >= 11 is 0. The molecule has 0 amide bonds. The van der Waals surface area contributed by atoms with Gasteiger partial charge >= 0.3 is 0 Å². The van der Waals surface area contributed by atoms with E-state index in [4.69, 9.17) is 33.2 Å². The predicted octanol–water partition coefficient (Wildman–Crippen LogP) is -9.11. The van der Waals surface area contributed by atoms with Crippen molar-refractivity contribution in [3.8, 4) is 0 Å². The van der Waals surface area contributed by atoms with Gasteiger partial charge in [-0.1, -0.05) is 0 Å². The second kappa shape index (κ2) is 14.7. The van der Waals surface area contributed by atoms with Crippen LogP contribution in [0.25, 0.3) is 0 Å². The summed E-state index contributed by atoms with van der Waals surface area (Å²) in [6.07, 6.45) is -33.4. The first-order chi connectivity index (χ1) is 20.3. The van der Waals surface area contributed by atoms with Gasteiger partial charge in [0.25, 0.3) is 0 Å². The highest BCUT2D eigenvalue weighted by molar-refractivity contribution is 4.97. The minimum absolute atomic E-state index is 0.494. The number of ether oxygens (including phenoxy) is 7. The van der Waals surface area contributed by atoms with Crippen LogP contribution in [0.2, 0.25) is 0 Å². The Bertz CT molecular complexity index is 869. The lowest BCUT2D eigenvalue weighted by atomic mass is 9.96. The molecular weight excluding hydrogens is 596 g/mol. The molecule has 43 heavy (non-hydrogen) atoms. The van der Waals surface area contributed by atoms with Crippen molar-refractivity contribution in [2.75, 3.05) is 26.4 Å². The van der Waals surface area contributed by atoms with Crippen molar-refractivity contribution in [2.45, 2.75) is 117 Å². The van der Waals surface area contributed by atoms with Crippen LogP contribution in [0.4, 0.5) is 0 Å². The molecule has 0 aliphatic carbocycles. The van der Waals surface area contributed by atoms with Crippen LogP contribution < -0.4 is 0 Å². The molecule has 4 rings (SSSR count). The first kappa shape index (κ1) is 35.1. The van der Waals surface area contributed by atoms with Gasteiger partial charge in [0.15, 0.2) is 25.2 Å². The Hall–Kier alpha value is -0.800. The summed E-state index contributed by atoms with van der Waals surface area (Å²) in [5.41, 5.74) is 0. The number of hydrogen-bond acceptors (Lipinski definition) is 20. The largest absolute Gasteiger partial charge is 0.394 e. The van der Waals surface area contributed by atoms with Crippen LogP contribution in [0, 0.1) is 0 Å². The molecule has 4 aliphatic heterocycles. The molecule has 0 radical (unpaired) electrons. The van der Waals surface area contributed by atoms with Crippen LogP contribution in [0.15, 0.2) is 0 Å².